The van der Waals surface area contributed by atoms with Crippen LogP contribution in [0.4, 0.5) is 0 Å². The van der Waals surface area contributed by atoms with Crippen LogP contribution in [0.1, 0.15) is 92.6 Å². The average molecular weight is 702 g/mol. The number of ether oxygens (including phenoxy) is 1. The molecular weight excluding hydrogens is 651 g/mol. The van der Waals surface area contributed by atoms with Crippen molar-refractivity contribution in [1.29, 1.82) is 0 Å². The monoisotopic (exact) mass is 701 g/mol. The number of rotatable bonds is 21. The van der Waals surface area contributed by atoms with Gasteiger partial charge in [-0.2, -0.15) is 8.42 Å². The number of hydrogen-bond acceptors (Lipinski definition) is 9. The third kappa shape index (κ3) is 11.4. The first-order chi connectivity index (χ1) is 23.1. The van der Waals surface area contributed by atoms with Crippen LogP contribution in [0.2, 0.25) is 0 Å². The molecular formula is C37H51NO8S2. The van der Waals surface area contributed by atoms with E-state index in [4.69, 9.17) is 8.92 Å². The predicted octanol–water partition coefficient (Wildman–Crippen LogP) is 6.19. The van der Waals surface area contributed by atoms with Gasteiger partial charge in [0.25, 0.3) is 0 Å². The molecule has 1 fully saturated rings. The number of aliphatic hydroxyl groups is 2. The highest BCUT2D eigenvalue weighted by Crippen LogP contribution is 2.30. The molecule has 0 saturated heterocycles. The van der Waals surface area contributed by atoms with Gasteiger partial charge in [0.1, 0.15) is 10.6 Å². The second-order valence-electron chi connectivity index (χ2n) is 12.7. The zero-order chi connectivity index (χ0) is 34.4. The van der Waals surface area contributed by atoms with Crippen molar-refractivity contribution in [3.63, 3.8) is 0 Å². The van der Waals surface area contributed by atoms with E-state index in [9.17, 15) is 27.0 Å². The van der Waals surface area contributed by atoms with Gasteiger partial charge < -0.3 is 24.4 Å². The van der Waals surface area contributed by atoms with Gasteiger partial charge in [-0.15, -0.1) is 0 Å². The maximum absolute atomic E-state index is 12.9. The average Bonchev–Trinajstić information content (AvgIpc) is 3.63. The number of benzene rings is 3. The van der Waals surface area contributed by atoms with Crippen LogP contribution in [0, 0.1) is 6.92 Å². The van der Waals surface area contributed by atoms with Crippen LogP contribution in [0.3, 0.4) is 0 Å². The Morgan fingerprint density at radius 1 is 0.833 bits per heavy atom. The Morgan fingerprint density at radius 3 is 2.29 bits per heavy atom. The first kappa shape index (κ1) is 38.0. The first-order valence-corrected chi connectivity index (χ1v) is 20.1. The summed E-state index contributed by atoms with van der Waals surface area (Å²) < 4.78 is 62.3. The van der Waals surface area contributed by atoms with E-state index < -0.39 is 32.7 Å². The van der Waals surface area contributed by atoms with E-state index in [0.717, 1.165) is 94.9 Å². The van der Waals surface area contributed by atoms with Gasteiger partial charge in [-0.1, -0.05) is 56.0 Å². The van der Waals surface area contributed by atoms with Crippen molar-refractivity contribution in [1.82, 2.24) is 5.32 Å². The molecule has 0 radical (unpaired) electrons. The van der Waals surface area contributed by atoms with Crippen LogP contribution in [0.5, 0.6) is 5.75 Å². The summed E-state index contributed by atoms with van der Waals surface area (Å²) in [6.45, 7) is 3.87. The van der Waals surface area contributed by atoms with E-state index in [1.165, 1.54) is 18.2 Å². The van der Waals surface area contributed by atoms with Crippen molar-refractivity contribution >= 4 is 20.0 Å². The molecule has 0 unspecified atom stereocenters. The number of aliphatic hydroxyl groups excluding tert-OH is 2. The molecule has 4 rings (SSSR count). The second kappa shape index (κ2) is 18.8. The van der Waals surface area contributed by atoms with Crippen LogP contribution in [0.15, 0.2) is 76.5 Å². The molecule has 0 spiro atoms. The summed E-state index contributed by atoms with van der Waals surface area (Å²) in [5, 5.41) is 23.5. The Balaban J connectivity index is 1.04. The quantitative estimate of drug-likeness (QED) is 0.0876. The number of nitrogens with one attached hydrogen (secondary N) is 1. The van der Waals surface area contributed by atoms with Crippen molar-refractivity contribution in [2.45, 2.75) is 105 Å². The zero-order valence-corrected chi connectivity index (χ0v) is 29.6. The third-order valence-electron chi connectivity index (χ3n) is 8.82. The second-order valence-corrected chi connectivity index (χ2v) is 16.5. The van der Waals surface area contributed by atoms with E-state index >= 15 is 0 Å². The maximum atomic E-state index is 12.9. The van der Waals surface area contributed by atoms with Crippen molar-refractivity contribution in [3.05, 3.63) is 89.0 Å². The van der Waals surface area contributed by atoms with E-state index in [1.807, 2.05) is 18.2 Å². The summed E-state index contributed by atoms with van der Waals surface area (Å²) in [6, 6.07) is 18.5. The molecule has 1 aliphatic rings. The minimum absolute atomic E-state index is 0.0293. The van der Waals surface area contributed by atoms with Gasteiger partial charge in [-0.3, -0.25) is 0 Å². The van der Waals surface area contributed by atoms with E-state index in [2.05, 4.69) is 5.32 Å². The molecule has 1 aliphatic carbocycles. The van der Waals surface area contributed by atoms with Crippen LogP contribution in [0.25, 0.3) is 0 Å². The topological polar surface area (TPSA) is 139 Å². The lowest BCUT2D eigenvalue weighted by Gasteiger charge is -2.16. The van der Waals surface area contributed by atoms with Crippen LogP contribution in [-0.2, 0) is 37.7 Å². The molecule has 264 valence electrons. The van der Waals surface area contributed by atoms with Crippen molar-refractivity contribution in [2.24, 2.45) is 0 Å². The highest BCUT2D eigenvalue weighted by atomic mass is 32.2. The third-order valence-corrected chi connectivity index (χ3v) is 12.3. The minimum atomic E-state index is -4.06. The van der Waals surface area contributed by atoms with Crippen molar-refractivity contribution < 1.29 is 36.0 Å². The summed E-state index contributed by atoms with van der Waals surface area (Å²) in [4.78, 5) is 0.506. The lowest BCUT2D eigenvalue weighted by molar-refractivity contribution is 0.126. The SMILES string of the molecule is Cc1cccc(S(=O)(=O)Oc2ccc([C@@H](O)CNCCCCCCOCCCCc3cccc(S(=O)(=O)C4CCCC4)c3)cc2CO)c1. The molecule has 9 nitrogen and oxygen atoms in total. The Labute approximate surface area is 286 Å². The Kier molecular flexibility index (Phi) is 14.9. The molecule has 11 heteroatoms. The normalized spacial score (nSPS) is 14.7. The standard InChI is InChI=1S/C37H51NO8S2/c1-29-12-10-18-35(24-29)48(43,44)46-37-20-19-31(26-32(37)28-39)36(40)27-38-21-7-2-3-8-22-45-23-9-6-13-30-14-11-17-34(25-30)47(41,42)33-15-4-5-16-33/h10-12,14,17-20,24-26,33,36,38-40H,2-9,13,15-16,21-23,27-28H2,1H3/t36-/m0/s1. The summed E-state index contributed by atoms with van der Waals surface area (Å²) in [5.74, 6) is 0.0293. The number of unbranched alkanes of at least 4 members (excludes halogenated alkanes) is 4. The van der Waals surface area contributed by atoms with Crippen molar-refractivity contribution in [2.75, 3.05) is 26.3 Å². The lowest BCUT2D eigenvalue weighted by atomic mass is 10.1. The molecule has 0 aromatic heterocycles. The van der Waals surface area contributed by atoms with Crippen molar-refractivity contribution in [3.8, 4) is 5.75 Å². The van der Waals surface area contributed by atoms with E-state index in [-0.39, 0.29) is 21.5 Å². The molecule has 0 aliphatic heterocycles. The summed E-state index contributed by atoms with van der Waals surface area (Å²) >= 11 is 0. The van der Waals surface area contributed by atoms with Gasteiger partial charge in [0.2, 0.25) is 0 Å². The Hall–Kier alpha value is -2.80. The molecule has 0 bridgehead atoms. The van der Waals surface area contributed by atoms with Gasteiger partial charge >= 0.3 is 10.1 Å². The summed E-state index contributed by atoms with van der Waals surface area (Å²) in [5.41, 5.74) is 2.70. The van der Waals surface area contributed by atoms with Gasteiger partial charge in [0, 0.05) is 25.3 Å². The molecule has 1 atom stereocenters. The molecule has 0 heterocycles. The Bertz CT molecular complexity index is 1650. The fourth-order valence-corrected chi connectivity index (χ4v) is 9.01. The van der Waals surface area contributed by atoms with Crippen LogP contribution >= 0.6 is 0 Å². The minimum Gasteiger partial charge on any atom is -0.392 e. The Morgan fingerprint density at radius 2 is 1.54 bits per heavy atom. The molecule has 3 N–H and O–H groups in total. The first-order valence-electron chi connectivity index (χ1n) is 17.1. The summed E-state index contributed by atoms with van der Waals surface area (Å²) in [7, 11) is -7.28. The van der Waals surface area contributed by atoms with Gasteiger partial charge in [0.15, 0.2) is 9.84 Å². The highest BCUT2D eigenvalue weighted by Gasteiger charge is 2.30. The predicted molar refractivity (Wildman–Crippen MR) is 187 cm³/mol. The van der Waals surface area contributed by atoms with E-state index in [0.29, 0.717) is 23.6 Å². The number of sulfone groups is 1. The number of aryl methyl sites for hydroxylation is 2. The van der Waals surface area contributed by atoms with Gasteiger partial charge in [-0.05, 0) is 112 Å². The molecule has 1 saturated carbocycles. The fraction of sp³-hybridized carbons (Fsp3) is 0.514. The molecule has 48 heavy (non-hydrogen) atoms. The molecule has 3 aromatic carbocycles. The molecule has 3 aromatic rings. The summed E-state index contributed by atoms with van der Waals surface area (Å²) in [6.07, 6.45) is 9.54. The van der Waals surface area contributed by atoms with Crippen LogP contribution in [-0.4, -0.2) is 58.6 Å². The van der Waals surface area contributed by atoms with Gasteiger partial charge in [-0.25, -0.2) is 8.42 Å². The molecule has 0 amide bonds. The van der Waals surface area contributed by atoms with Gasteiger partial charge in [0.05, 0.1) is 22.9 Å². The zero-order valence-electron chi connectivity index (χ0n) is 28.0. The fourth-order valence-electron chi connectivity index (χ4n) is 6.02. The van der Waals surface area contributed by atoms with Crippen LogP contribution < -0.4 is 9.50 Å². The number of hydrogen-bond donors (Lipinski definition) is 3. The largest absolute Gasteiger partial charge is 0.392 e. The smallest absolute Gasteiger partial charge is 0.339 e. The maximum Gasteiger partial charge on any atom is 0.339 e. The lowest BCUT2D eigenvalue weighted by Crippen LogP contribution is -2.22. The highest BCUT2D eigenvalue weighted by molar-refractivity contribution is 7.92. The van der Waals surface area contributed by atoms with E-state index in [1.54, 1.807) is 37.3 Å².